The molecule has 182 valence electrons. The van der Waals surface area contributed by atoms with Gasteiger partial charge in [-0.2, -0.15) is 0 Å². The molecular formula is C29H36N6. The second-order valence-corrected chi connectivity index (χ2v) is 9.54. The van der Waals surface area contributed by atoms with Crippen LogP contribution < -0.4 is 10.2 Å². The summed E-state index contributed by atoms with van der Waals surface area (Å²) in [6, 6.07) is 21.1. The zero-order valence-electron chi connectivity index (χ0n) is 20.7. The molecule has 2 aliphatic rings. The molecule has 3 aromatic heterocycles. The standard InChI is InChI=1S/C20H25N5.C9H11N/c1-23-10-12-24(13-11-23)20-9-5-8-19-22-18(16-25(19)20)15-21-14-17-6-3-2-4-7-17;1-2-6-9-8(4-1)5-3-7-10-9/h2-9,16,21H,10-15H2,1H3;3,5,7H,1-2,4,6H2. The number of pyridine rings is 2. The van der Waals surface area contributed by atoms with E-state index in [9.17, 15) is 0 Å². The van der Waals surface area contributed by atoms with Gasteiger partial charge in [0.1, 0.15) is 11.5 Å². The fourth-order valence-corrected chi connectivity index (χ4v) is 4.89. The summed E-state index contributed by atoms with van der Waals surface area (Å²) >= 11 is 0. The van der Waals surface area contributed by atoms with Crippen molar-refractivity contribution in [3.63, 3.8) is 0 Å². The largest absolute Gasteiger partial charge is 0.355 e. The summed E-state index contributed by atoms with van der Waals surface area (Å²) < 4.78 is 2.23. The monoisotopic (exact) mass is 468 g/mol. The molecule has 1 N–H and O–H groups in total. The summed E-state index contributed by atoms with van der Waals surface area (Å²) in [4.78, 5) is 13.9. The number of nitrogens with zero attached hydrogens (tertiary/aromatic N) is 5. The summed E-state index contributed by atoms with van der Waals surface area (Å²) in [6.07, 6.45) is 9.16. The molecule has 6 nitrogen and oxygen atoms in total. The maximum absolute atomic E-state index is 4.78. The van der Waals surface area contributed by atoms with Gasteiger partial charge in [0.25, 0.3) is 0 Å². The summed E-state index contributed by atoms with van der Waals surface area (Å²) in [7, 11) is 2.19. The van der Waals surface area contributed by atoms with Gasteiger partial charge in [0.2, 0.25) is 0 Å². The quantitative estimate of drug-likeness (QED) is 0.472. The smallest absolute Gasteiger partial charge is 0.138 e. The molecule has 1 fully saturated rings. The van der Waals surface area contributed by atoms with Gasteiger partial charge in [-0.1, -0.05) is 42.5 Å². The van der Waals surface area contributed by atoms with Crippen LogP contribution in [0.25, 0.3) is 5.65 Å². The molecule has 0 saturated carbocycles. The number of rotatable bonds is 5. The SMILES string of the molecule is CN1CCN(c2cccc3nc(CNCc4ccccc4)cn23)CC1.c1cnc2c(c1)CCCC2. The Balaban J connectivity index is 0.000000211. The molecule has 4 aromatic rings. The highest BCUT2D eigenvalue weighted by atomic mass is 15.3. The minimum atomic E-state index is 0.777. The fraction of sp³-hybridized carbons (Fsp3) is 0.379. The average molecular weight is 469 g/mol. The topological polar surface area (TPSA) is 48.7 Å². The molecule has 0 spiro atoms. The molecule has 0 radical (unpaired) electrons. The molecular weight excluding hydrogens is 432 g/mol. The van der Waals surface area contributed by atoms with Gasteiger partial charge >= 0.3 is 0 Å². The van der Waals surface area contributed by atoms with Crippen molar-refractivity contribution in [1.29, 1.82) is 0 Å². The van der Waals surface area contributed by atoms with E-state index in [1.54, 1.807) is 0 Å². The van der Waals surface area contributed by atoms with E-state index >= 15 is 0 Å². The number of hydrogen-bond acceptors (Lipinski definition) is 5. The Morgan fingerprint density at radius 3 is 2.49 bits per heavy atom. The molecule has 1 aliphatic carbocycles. The number of benzene rings is 1. The Morgan fingerprint density at radius 2 is 1.66 bits per heavy atom. The van der Waals surface area contributed by atoms with Crippen molar-refractivity contribution in [2.75, 3.05) is 38.1 Å². The highest BCUT2D eigenvalue weighted by molar-refractivity contribution is 5.52. The first-order chi connectivity index (χ1) is 17.3. The molecule has 1 aromatic carbocycles. The van der Waals surface area contributed by atoms with Crippen LogP contribution in [0.1, 0.15) is 35.4 Å². The highest BCUT2D eigenvalue weighted by Gasteiger charge is 2.17. The first kappa shape index (κ1) is 23.5. The van der Waals surface area contributed by atoms with Gasteiger partial charge in [0, 0.05) is 57.4 Å². The molecule has 6 heteroatoms. The highest BCUT2D eigenvalue weighted by Crippen LogP contribution is 2.20. The summed E-state index contributed by atoms with van der Waals surface area (Å²) in [5.74, 6) is 1.24. The van der Waals surface area contributed by atoms with Crippen LogP contribution in [0.4, 0.5) is 5.82 Å². The lowest BCUT2D eigenvalue weighted by molar-refractivity contribution is 0.312. The van der Waals surface area contributed by atoms with Crippen LogP contribution >= 0.6 is 0 Å². The van der Waals surface area contributed by atoms with Gasteiger partial charge in [-0.15, -0.1) is 0 Å². The van der Waals surface area contributed by atoms with E-state index in [0.29, 0.717) is 0 Å². The number of nitrogens with one attached hydrogen (secondary N) is 1. The van der Waals surface area contributed by atoms with Gasteiger partial charge in [-0.25, -0.2) is 4.98 Å². The molecule has 0 unspecified atom stereocenters. The number of aryl methyl sites for hydroxylation is 2. The van der Waals surface area contributed by atoms with E-state index in [1.165, 1.54) is 48.3 Å². The molecule has 1 aliphatic heterocycles. The van der Waals surface area contributed by atoms with Crippen LogP contribution in [0, 0.1) is 0 Å². The zero-order valence-corrected chi connectivity index (χ0v) is 20.7. The minimum Gasteiger partial charge on any atom is -0.355 e. The first-order valence-corrected chi connectivity index (χ1v) is 12.8. The van der Waals surface area contributed by atoms with Crippen molar-refractivity contribution in [3.8, 4) is 0 Å². The lowest BCUT2D eigenvalue weighted by Crippen LogP contribution is -2.45. The third-order valence-corrected chi connectivity index (χ3v) is 6.92. The maximum Gasteiger partial charge on any atom is 0.138 e. The van der Waals surface area contributed by atoms with E-state index < -0.39 is 0 Å². The predicted octanol–water partition coefficient (Wildman–Crippen LogP) is 4.34. The summed E-state index contributed by atoms with van der Waals surface area (Å²) in [5, 5.41) is 3.49. The van der Waals surface area contributed by atoms with Gasteiger partial charge in [0.05, 0.1) is 5.69 Å². The third-order valence-electron chi connectivity index (χ3n) is 6.92. The van der Waals surface area contributed by atoms with Crippen molar-refractivity contribution in [2.24, 2.45) is 0 Å². The van der Waals surface area contributed by atoms with Crippen molar-refractivity contribution < 1.29 is 0 Å². The summed E-state index contributed by atoms with van der Waals surface area (Å²) in [5.41, 5.74) is 6.19. The van der Waals surface area contributed by atoms with Crippen molar-refractivity contribution in [1.82, 2.24) is 24.6 Å². The Labute approximate surface area is 208 Å². The molecule has 0 bridgehead atoms. The van der Waals surface area contributed by atoms with Crippen LogP contribution in [-0.2, 0) is 25.9 Å². The van der Waals surface area contributed by atoms with Crippen molar-refractivity contribution >= 4 is 11.5 Å². The van der Waals surface area contributed by atoms with Gasteiger partial charge in [-0.3, -0.25) is 9.38 Å². The molecule has 4 heterocycles. The fourth-order valence-electron chi connectivity index (χ4n) is 4.89. The first-order valence-electron chi connectivity index (χ1n) is 12.8. The van der Waals surface area contributed by atoms with Gasteiger partial charge in [-0.05, 0) is 62.1 Å². The molecule has 1 saturated heterocycles. The Morgan fingerprint density at radius 1 is 0.829 bits per heavy atom. The second kappa shape index (κ2) is 11.5. The number of hydrogen-bond donors (Lipinski definition) is 1. The van der Waals surface area contributed by atoms with Crippen LogP contribution in [-0.4, -0.2) is 52.5 Å². The minimum absolute atomic E-state index is 0.777. The molecule has 0 atom stereocenters. The van der Waals surface area contributed by atoms with Crippen LogP contribution in [0.5, 0.6) is 0 Å². The number of anilines is 1. The Kier molecular flexibility index (Phi) is 7.71. The number of piperazine rings is 1. The lowest BCUT2D eigenvalue weighted by Gasteiger charge is -2.34. The number of imidazole rings is 1. The van der Waals surface area contributed by atoms with Crippen LogP contribution in [0.15, 0.2) is 73.1 Å². The molecule has 0 amide bonds. The van der Waals surface area contributed by atoms with E-state index in [1.807, 2.05) is 18.3 Å². The van der Waals surface area contributed by atoms with Crippen molar-refractivity contribution in [2.45, 2.75) is 38.8 Å². The van der Waals surface area contributed by atoms with Crippen molar-refractivity contribution in [3.05, 3.63) is 95.6 Å². The second-order valence-electron chi connectivity index (χ2n) is 9.54. The Hall–Kier alpha value is -3.22. The molecule has 35 heavy (non-hydrogen) atoms. The maximum atomic E-state index is 4.78. The summed E-state index contributed by atoms with van der Waals surface area (Å²) in [6.45, 7) is 5.98. The number of likely N-dealkylation sites (N-methyl/N-ethyl adjacent to an activating group) is 1. The van der Waals surface area contributed by atoms with Gasteiger partial charge < -0.3 is 15.1 Å². The van der Waals surface area contributed by atoms with Gasteiger partial charge in [0.15, 0.2) is 0 Å². The normalized spacial score (nSPS) is 16.0. The number of aromatic nitrogens is 3. The van der Waals surface area contributed by atoms with Crippen LogP contribution in [0.3, 0.4) is 0 Å². The van der Waals surface area contributed by atoms with E-state index in [0.717, 1.165) is 50.6 Å². The Bertz CT molecular complexity index is 1190. The number of fused-ring (bicyclic) bond motifs is 2. The lowest BCUT2D eigenvalue weighted by atomic mass is 9.96. The predicted molar refractivity (Wildman–Crippen MR) is 143 cm³/mol. The van der Waals surface area contributed by atoms with E-state index in [2.05, 4.69) is 86.3 Å². The zero-order chi connectivity index (χ0) is 23.9. The molecule has 6 rings (SSSR count). The van der Waals surface area contributed by atoms with E-state index in [4.69, 9.17) is 4.98 Å². The van der Waals surface area contributed by atoms with E-state index in [-0.39, 0.29) is 0 Å². The van der Waals surface area contributed by atoms with Crippen LogP contribution in [0.2, 0.25) is 0 Å². The average Bonchev–Trinajstić information content (AvgIpc) is 3.33. The third kappa shape index (κ3) is 6.08.